The zero-order valence-electron chi connectivity index (χ0n) is 10.6. The van der Waals surface area contributed by atoms with E-state index in [2.05, 4.69) is 0 Å². The number of carbonyl (C=O) groups excluding carboxylic acids is 1. The summed E-state index contributed by atoms with van der Waals surface area (Å²) >= 11 is 1.47. The lowest BCUT2D eigenvalue weighted by molar-refractivity contribution is 0.145. The van der Waals surface area contributed by atoms with Crippen molar-refractivity contribution in [2.45, 2.75) is 6.10 Å². The maximum atomic E-state index is 14.2. The summed E-state index contributed by atoms with van der Waals surface area (Å²) in [6.07, 6.45) is -0.814. The summed E-state index contributed by atoms with van der Waals surface area (Å²) in [6.45, 7) is 0.616. The second-order valence-electron chi connectivity index (χ2n) is 4.49. The summed E-state index contributed by atoms with van der Waals surface area (Å²) in [7, 11) is 0. The number of nitrogens with two attached hydrogens (primary N) is 1. The Bertz CT molecular complexity index is 630. The Hall–Kier alpha value is -1.92. The van der Waals surface area contributed by atoms with Gasteiger partial charge < -0.3 is 10.5 Å². The molecule has 0 spiro atoms. The molecule has 1 atom stereocenters. The molecule has 0 bridgehead atoms. The maximum absolute atomic E-state index is 14.2. The van der Waals surface area contributed by atoms with Gasteiger partial charge in [0.1, 0.15) is 11.9 Å². The average molecular weight is 292 g/mol. The highest BCUT2D eigenvalue weighted by atomic mass is 32.1. The SMILES string of the molecule is NCC1CN(c2ccc(-c3cccs3)c(F)c2)C(=O)O1. The first-order valence-electron chi connectivity index (χ1n) is 6.20. The van der Waals surface area contributed by atoms with Crippen molar-refractivity contribution in [1.29, 1.82) is 0 Å². The van der Waals surface area contributed by atoms with E-state index in [4.69, 9.17) is 10.5 Å². The number of thiophene rings is 1. The van der Waals surface area contributed by atoms with Gasteiger partial charge >= 0.3 is 6.09 Å². The third-order valence-corrected chi connectivity index (χ3v) is 4.09. The van der Waals surface area contributed by atoms with Gasteiger partial charge in [-0.1, -0.05) is 6.07 Å². The lowest BCUT2D eigenvalue weighted by Crippen LogP contribution is -2.27. The van der Waals surface area contributed by atoms with Gasteiger partial charge in [0.15, 0.2) is 0 Å². The average Bonchev–Trinajstić information content (AvgIpc) is 3.07. The van der Waals surface area contributed by atoms with Crippen LogP contribution in [0, 0.1) is 5.82 Å². The van der Waals surface area contributed by atoms with E-state index in [1.54, 1.807) is 12.1 Å². The molecule has 2 aromatic rings. The predicted octanol–water partition coefficient (Wildman–Crippen LogP) is 2.84. The van der Waals surface area contributed by atoms with Crippen LogP contribution in [0.2, 0.25) is 0 Å². The molecule has 1 saturated heterocycles. The Morgan fingerprint density at radius 2 is 2.30 bits per heavy atom. The minimum atomic E-state index is -0.483. The molecule has 3 rings (SSSR count). The third kappa shape index (κ3) is 2.28. The molecule has 0 radical (unpaired) electrons. The van der Waals surface area contributed by atoms with Crippen molar-refractivity contribution in [2.75, 3.05) is 18.0 Å². The van der Waals surface area contributed by atoms with E-state index in [1.807, 2.05) is 17.5 Å². The van der Waals surface area contributed by atoms with Gasteiger partial charge in [0.25, 0.3) is 0 Å². The highest BCUT2D eigenvalue weighted by Crippen LogP contribution is 2.31. The summed E-state index contributed by atoms with van der Waals surface area (Å²) in [5, 5.41) is 1.90. The number of hydrogen-bond acceptors (Lipinski definition) is 4. The van der Waals surface area contributed by atoms with Crippen LogP contribution in [-0.4, -0.2) is 25.3 Å². The number of amides is 1. The number of cyclic esters (lactones) is 1. The molecule has 1 aliphatic rings. The summed E-state index contributed by atoms with van der Waals surface area (Å²) < 4.78 is 19.2. The molecule has 1 amide bonds. The Kier molecular flexibility index (Phi) is 3.42. The van der Waals surface area contributed by atoms with Gasteiger partial charge in [0.2, 0.25) is 0 Å². The van der Waals surface area contributed by atoms with Crippen LogP contribution in [0.25, 0.3) is 10.4 Å². The van der Waals surface area contributed by atoms with Gasteiger partial charge in [0, 0.05) is 17.0 Å². The van der Waals surface area contributed by atoms with Crippen molar-refractivity contribution in [3.05, 3.63) is 41.5 Å². The molecule has 4 nitrogen and oxygen atoms in total. The van der Waals surface area contributed by atoms with Crippen molar-refractivity contribution in [3.63, 3.8) is 0 Å². The van der Waals surface area contributed by atoms with Crippen LogP contribution >= 0.6 is 11.3 Å². The molecular weight excluding hydrogens is 279 g/mol. The van der Waals surface area contributed by atoms with E-state index >= 15 is 0 Å². The van der Waals surface area contributed by atoms with Gasteiger partial charge in [-0.2, -0.15) is 0 Å². The molecular formula is C14H13FN2O2S. The summed E-state index contributed by atoms with van der Waals surface area (Å²) in [5.74, 6) is -0.353. The fourth-order valence-electron chi connectivity index (χ4n) is 2.16. The largest absolute Gasteiger partial charge is 0.443 e. The number of hydrogen-bond donors (Lipinski definition) is 1. The van der Waals surface area contributed by atoms with Gasteiger partial charge in [0.05, 0.1) is 12.2 Å². The van der Waals surface area contributed by atoms with Crippen molar-refractivity contribution >= 4 is 23.1 Å². The Labute approximate surface area is 119 Å². The van der Waals surface area contributed by atoms with Crippen LogP contribution in [0.5, 0.6) is 0 Å². The normalized spacial score (nSPS) is 18.4. The quantitative estimate of drug-likeness (QED) is 0.946. The van der Waals surface area contributed by atoms with Gasteiger partial charge in [-0.25, -0.2) is 9.18 Å². The van der Waals surface area contributed by atoms with E-state index in [1.165, 1.54) is 22.3 Å². The maximum Gasteiger partial charge on any atom is 0.414 e. The second-order valence-corrected chi connectivity index (χ2v) is 5.44. The fraction of sp³-hybridized carbons (Fsp3) is 0.214. The molecule has 1 aliphatic heterocycles. The highest BCUT2D eigenvalue weighted by molar-refractivity contribution is 7.13. The summed E-state index contributed by atoms with van der Waals surface area (Å²) in [5.41, 5.74) is 6.50. The number of anilines is 1. The summed E-state index contributed by atoms with van der Waals surface area (Å²) in [6, 6.07) is 8.49. The zero-order chi connectivity index (χ0) is 14.1. The van der Waals surface area contributed by atoms with Crippen molar-refractivity contribution < 1.29 is 13.9 Å². The van der Waals surface area contributed by atoms with Crippen LogP contribution in [0.1, 0.15) is 0 Å². The molecule has 1 aromatic heterocycles. The van der Waals surface area contributed by atoms with Crippen molar-refractivity contribution in [2.24, 2.45) is 5.73 Å². The van der Waals surface area contributed by atoms with Crippen LogP contribution in [0.4, 0.5) is 14.9 Å². The van der Waals surface area contributed by atoms with Gasteiger partial charge in [-0.05, 0) is 29.6 Å². The molecule has 20 heavy (non-hydrogen) atoms. The van der Waals surface area contributed by atoms with Crippen LogP contribution in [0.3, 0.4) is 0 Å². The molecule has 104 valence electrons. The third-order valence-electron chi connectivity index (χ3n) is 3.19. The van der Waals surface area contributed by atoms with E-state index in [-0.39, 0.29) is 18.5 Å². The van der Waals surface area contributed by atoms with Gasteiger partial charge in [-0.15, -0.1) is 11.3 Å². The number of carbonyl (C=O) groups is 1. The van der Waals surface area contributed by atoms with E-state index < -0.39 is 6.09 Å². The second kappa shape index (κ2) is 5.22. The zero-order valence-corrected chi connectivity index (χ0v) is 11.4. The lowest BCUT2D eigenvalue weighted by Gasteiger charge is -2.13. The first-order chi connectivity index (χ1) is 9.69. The number of benzene rings is 1. The topological polar surface area (TPSA) is 55.6 Å². The van der Waals surface area contributed by atoms with Crippen LogP contribution in [0.15, 0.2) is 35.7 Å². The first kappa shape index (κ1) is 13.1. The molecule has 0 aliphatic carbocycles. The Balaban J connectivity index is 1.89. The van der Waals surface area contributed by atoms with E-state index in [9.17, 15) is 9.18 Å². The van der Waals surface area contributed by atoms with Crippen LogP contribution in [-0.2, 0) is 4.74 Å². The number of rotatable bonds is 3. The highest BCUT2D eigenvalue weighted by Gasteiger charge is 2.31. The predicted molar refractivity (Wildman–Crippen MR) is 76.4 cm³/mol. The molecule has 2 N–H and O–H groups in total. The van der Waals surface area contributed by atoms with E-state index in [0.29, 0.717) is 17.8 Å². The molecule has 2 heterocycles. The minimum Gasteiger partial charge on any atom is -0.443 e. The summed E-state index contributed by atoms with van der Waals surface area (Å²) in [4.78, 5) is 14.0. The minimum absolute atomic E-state index is 0.262. The molecule has 1 fully saturated rings. The fourth-order valence-corrected chi connectivity index (χ4v) is 2.91. The molecule has 0 saturated carbocycles. The number of halogens is 1. The standard InChI is InChI=1S/C14H13FN2O2S/c15-12-6-9(17-8-10(7-16)19-14(17)18)3-4-11(12)13-2-1-5-20-13/h1-6,10H,7-8,16H2. The Morgan fingerprint density at radius 1 is 1.45 bits per heavy atom. The monoisotopic (exact) mass is 292 g/mol. The molecule has 6 heteroatoms. The number of nitrogens with zero attached hydrogens (tertiary/aromatic N) is 1. The molecule has 1 unspecified atom stereocenters. The Morgan fingerprint density at radius 3 is 2.90 bits per heavy atom. The van der Waals surface area contributed by atoms with Crippen molar-refractivity contribution in [1.82, 2.24) is 0 Å². The molecule has 1 aromatic carbocycles. The first-order valence-corrected chi connectivity index (χ1v) is 7.08. The van der Waals surface area contributed by atoms with E-state index in [0.717, 1.165) is 4.88 Å². The lowest BCUT2D eigenvalue weighted by atomic mass is 10.1. The van der Waals surface area contributed by atoms with Gasteiger partial charge in [-0.3, -0.25) is 4.90 Å². The number of ether oxygens (including phenoxy) is 1. The smallest absolute Gasteiger partial charge is 0.414 e. The van der Waals surface area contributed by atoms with Crippen LogP contribution < -0.4 is 10.6 Å². The van der Waals surface area contributed by atoms with Crippen molar-refractivity contribution in [3.8, 4) is 10.4 Å².